The number of rotatable bonds is 4. The Bertz CT molecular complexity index is 865. The molecule has 0 aromatic carbocycles. The number of hydrogen-bond donors (Lipinski definition) is 0. The van der Waals surface area contributed by atoms with Gasteiger partial charge in [0.25, 0.3) is 0 Å². The largest absolute Gasteiger partial charge is 0.421 e. The van der Waals surface area contributed by atoms with Gasteiger partial charge in [-0.3, -0.25) is 9.47 Å². The fourth-order valence-electron chi connectivity index (χ4n) is 3.08. The third kappa shape index (κ3) is 2.90. The maximum atomic E-state index is 12.0. The van der Waals surface area contributed by atoms with Crippen molar-refractivity contribution < 1.29 is 4.42 Å². The molecule has 3 aromatic rings. The average Bonchev–Trinajstić information content (AvgIpc) is 2.96. The van der Waals surface area contributed by atoms with Gasteiger partial charge in [-0.15, -0.1) is 0 Å². The summed E-state index contributed by atoms with van der Waals surface area (Å²) in [6.07, 6.45) is 3.50. The van der Waals surface area contributed by atoms with Crippen molar-refractivity contribution in [2.45, 2.75) is 6.54 Å². The maximum absolute atomic E-state index is 12.0. The highest BCUT2D eigenvalue weighted by atomic mass is 16.4. The predicted octanol–water partition coefficient (Wildman–Crippen LogP) is 1.21. The molecule has 1 aliphatic heterocycles. The van der Waals surface area contributed by atoms with E-state index in [1.165, 1.54) is 0 Å². The number of aromatic nitrogens is 3. The fourth-order valence-corrected chi connectivity index (χ4v) is 3.08. The summed E-state index contributed by atoms with van der Waals surface area (Å²) in [7, 11) is 0. The van der Waals surface area contributed by atoms with Crippen LogP contribution in [0.4, 0.5) is 5.82 Å². The minimum atomic E-state index is -0.337. The number of piperazine rings is 1. The minimum absolute atomic E-state index is 0.337. The molecule has 1 saturated heterocycles. The van der Waals surface area contributed by atoms with E-state index in [9.17, 15) is 4.79 Å². The van der Waals surface area contributed by atoms with Crippen LogP contribution in [0.15, 0.2) is 51.9 Å². The molecule has 0 radical (unpaired) electrons. The van der Waals surface area contributed by atoms with E-state index in [1.807, 2.05) is 24.4 Å². The molecule has 0 bridgehead atoms. The number of fused-ring (bicyclic) bond motifs is 1. The van der Waals surface area contributed by atoms with E-state index in [-0.39, 0.29) is 5.76 Å². The summed E-state index contributed by atoms with van der Waals surface area (Å²) in [5.41, 5.74) is 1.16. The predicted molar refractivity (Wildman–Crippen MR) is 91.2 cm³/mol. The normalized spacial score (nSPS) is 15.9. The van der Waals surface area contributed by atoms with Crippen LogP contribution in [0.2, 0.25) is 0 Å². The maximum Gasteiger partial charge on any atom is 0.421 e. The van der Waals surface area contributed by atoms with Gasteiger partial charge in [-0.2, -0.15) is 0 Å². The van der Waals surface area contributed by atoms with Crippen LogP contribution in [0.25, 0.3) is 11.2 Å². The van der Waals surface area contributed by atoms with Gasteiger partial charge in [0.1, 0.15) is 5.82 Å². The third-order valence-electron chi connectivity index (χ3n) is 4.41. The van der Waals surface area contributed by atoms with Crippen LogP contribution in [0.1, 0.15) is 0 Å². The number of oxazole rings is 1. The fraction of sp³-hybridized carbons (Fsp3) is 0.353. The van der Waals surface area contributed by atoms with Crippen molar-refractivity contribution in [3.8, 4) is 0 Å². The van der Waals surface area contributed by atoms with E-state index in [0.717, 1.165) is 38.5 Å². The lowest BCUT2D eigenvalue weighted by Gasteiger charge is -2.35. The summed E-state index contributed by atoms with van der Waals surface area (Å²) in [5, 5.41) is 0. The van der Waals surface area contributed by atoms with Crippen LogP contribution in [0, 0.1) is 0 Å². The van der Waals surface area contributed by atoms with Crippen LogP contribution in [-0.2, 0) is 6.54 Å². The smallest absolute Gasteiger partial charge is 0.406 e. The number of anilines is 1. The summed E-state index contributed by atoms with van der Waals surface area (Å²) in [6.45, 7) is 5.18. The molecular weight excluding hydrogens is 306 g/mol. The Hall–Kier alpha value is -2.67. The lowest BCUT2D eigenvalue weighted by molar-refractivity contribution is 0.246. The van der Waals surface area contributed by atoms with Crippen LogP contribution < -0.4 is 10.7 Å². The van der Waals surface area contributed by atoms with Crippen molar-refractivity contribution in [3.63, 3.8) is 0 Å². The highest BCUT2D eigenvalue weighted by Gasteiger charge is 2.18. The minimum Gasteiger partial charge on any atom is -0.406 e. The first-order chi connectivity index (χ1) is 11.8. The SMILES string of the molecule is O=c1oc2cccnc2n1CCN1CCN(c2ccccn2)CC1. The van der Waals surface area contributed by atoms with Gasteiger partial charge >= 0.3 is 5.76 Å². The second-order valence-electron chi connectivity index (χ2n) is 5.86. The van der Waals surface area contributed by atoms with Crippen LogP contribution in [0.5, 0.6) is 0 Å². The van der Waals surface area contributed by atoms with E-state index in [2.05, 4.69) is 19.8 Å². The molecule has 7 nitrogen and oxygen atoms in total. The topological polar surface area (TPSA) is 67.4 Å². The molecule has 3 aromatic heterocycles. The molecule has 124 valence electrons. The molecule has 0 saturated carbocycles. The van der Waals surface area contributed by atoms with Crippen molar-refractivity contribution in [2.24, 2.45) is 0 Å². The monoisotopic (exact) mass is 325 g/mol. The van der Waals surface area contributed by atoms with Gasteiger partial charge in [-0.1, -0.05) is 6.07 Å². The second-order valence-corrected chi connectivity index (χ2v) is 5.86. The van der Waals surface area contributed by atoms with Crippen molar-refractivity contribution in [3.05, 3.63) is 53.3 Å². The third-order valence-corrected chi connectivity index (χ3v) is 4.41. The molecule has 0 atom stereocenters. The highest BCUT2D eigenvalue weighted by molar-refractivity contribution is 5.67. The highest BCUT2D eigenvalue weighted by Crippen LogP contribution is 2.13. The van der Waals surface area contributed by atoms with E-state index in [1.54, 1.807) is 22.9 Å². The lowest BCUT2D eigenvalue weighted by atomic mass is 10.3. The molecule has 4 rings (SSSR count). The Morgan fingerprint density at radius 3 is 2.58 bits per heavy atom. The van der Waals surface area contributed by atoms with E-state index in [0.29, 0.717) is 17.8 Å². The molecule has 7 heteroatoms. The van der Waals surface area contributed by atoms with E-state index >= 15 is 0 Å². The molecule has 0 unspecified atom stereocenters. The van der Waals surface area contributed by atoms with Crippen molar-refractivity contribution in [1.29, 1.82) is 0 Å². The number of hydrogen-bond acceptors (Lipinski definition) is 6. The number of nitrogens with zero attached hydrogens (tertiary/aromatic N) is 5. The zero-order valence-corrected chi connectivity index (χ0v) is 13.3. The van der Waals surface area contributed by atoms with E-state index in [4.69, 9.17) is 4.42 Å². The van der Waals surface area contributed by atoms with Crippen molar-refractivity contribution >= 4 is 17.0 Å². The van der Waals surface area contributed by atoms with Crippen LogP contribution in [0.3, 0.4) is 0 Å². The summed E-state index contributed by atoms with van der Waals surface area (Å²) in [6, 6.07) is 9.52. The van der Waals surface area contributed by atoms with Crippen molar-refractivity contribution in [1.82, 2.24) is 19.4 Å². The quantitative estimate of drug-likeness (QED) is 0.718. The van der Waals surface area contributed by atoms with Gasteiger partial charge < -0.3 is 9.32 Å². The average molecular weight is 325 g/mol. The zero-order valence-electron chi connectivity index (χ0n) is 13.3. The van der Waals surface area contributed by atoms with Gasteiger partial charge in [0.05, 0.1) is 0 Å². The first-order valence-corrected chi connectivity index (χ1v) is 8.14. The Balaban J connectivity index is 1.37. The second kappa shape index (κ2) is 6.45. The number of pyridine rings is 2. The van der Waals surface area contributed by atoms with Gasteiger partial charge in [0.15, 0.2) is 11.2 Å². The van der Waals surface area contributed by atoms with Gasteiger partial charge in [-0.25, -0.2) is 14.8 Å². The Kier molecular flexibility index (Phi) is 4.00. The zero-order chi connectivity index (χ0) is 16.4. The Morgan fingerprint density at radius 1 is 0.958 bits per heavy atom. The molecule has 24 heavy (non-hydrogen) atoms. The van der Waals surface area contributed by atoms with Crippen LogP contribution in [-0.4, -0.2) is 52.2 Å². The van der Waals surface area contributed by atoms with E-state index < -0.39 is 0 Å². The van der Waals surface area contributed by atoms with Gasteiger partial charge in [0.2, 0.25) is 0 Å². The molecule has 4 heterocycles. The summed E-state index contributed by atoms with van der Waals surface area (Å²) >= 11 is 0. The van der Waals surface area contributed by atoms with Crippen molar-refractivity contribution in [2.75, 3.05) is 37.6 Å². The molecule has 1 aliphatic rings. The Labute approximate surface area is 139 Å². The first kappa shape index (κ1) is 14.9. The van der Waals surface area contributed by atoms with Gasteiger partial charge in [-0.05, 0) is 24.3 Å². The standard InChI is InChI=1S/C17H19N5O2/c23-17-22(16-14(24-17)4-3-7-19-16)13-10-20-8-11-21(12-9-20)15-5-1-2-6-18-15/h1-7H,8-13H2. The van der Waals surface area contributed by atoms with Gasteiger partial charge in [0, 0.05) is 51.7 Å². The summed E-state index contributed by atoms with van der Waals surface area (Å²) < 4.78 is 6.84. The summed E-state index contributed by atoms with van der Waals surface area (Å²) in [4.78, 5) is 25.3. The van der Waals surface area contributed by atoms with Crippen LogP contribution >= 0.6 is 0 Å². The lowest BCUT2D eigenvalue weighted by Crippen LogP contribution is -2.47. The molecule has 0 amide bonds. The molecule has 0 spiro atoms. The molecule has 0 N–H and O–H groups in total. The molecule has 0 aliphatic carbocycles. The first-order valence-electron chi connectivity index (χ1n) is 8.14. The Morgan fingerprint density at radius 2 is 1.79 bits per heavy atom. The summed E-state index contributed by atoms with van der Waals surface area (Å²) in [5.74, 6) is 0.689. The molecule has 1 fully saturated rings. The molecular formula is C17H19N5O2.